The summed E-state index contributed by atoms with van der Waals surface area (Å²) in [5.41, 5.74) is -1.47. The summed E-state index contributed by atoms with van der Waals surface area (Å²) < 4.78 is 43.7. The maximum Gasteiger partial charge on any atom is 0.417 e. The van der Waals surface area contributed by atoms with E-state index in [1.807, 2.05) is 6.07 Å². The quantitative estimate of drug-likeness (QED) is 0.681. The minimum absolute atomic E-state index is 0.0228. The highest BCUT2D eigenvalue weighted by Gasteiger charge is 2.34. The first-order valence-electron chi connectivity index (χ1n) is 8.16. The predicted molar refractivity (Wildman–Crippen MR) is 99.4 cm³/mol. The van der Waals surface area contributed by atoms with E-state index < -0.39 is 28.4 Å². The molecule has 1 amide bonds. The molecule has 1 N–H and O–H groups in total. The van der Waals surface area contributed by atoms with Crippen molar-refractivity contribution in [1.82, 2.24) is 5.32 Å². The molecular weight excluding hydrogens is 395 g/mol. The minimum atomic E-state index is -4.62. The number of carbonyl (C=O) groups excluding carboxylic acids is 2. The number of hydrogen-bond donors (Lipinski definition) is 1. The van der Waals surface area contributed by atoms with Gasteiger partial charge in [0.25, 0.3) is 0 Å². The Morgan fingerprint density at radius 3 is 2.32 bits per heavy atom. The standard InChI is InChI=1S/C20H17ClF3NO3/c1-19(2,25-18(27)28-12-13-6-4-3-5-7-13)16(11-26)14-8-9-15(17(21)10-14)20(22,23)24/h3-10H,12H2,1-2H3,(H,25,27). The second kappa shape index (κ2) is 8.50. The van der Waals surface area contributed by atoms with E-state index in [2.05, 4.69) is 5.32 Å². The number of rotatable bonds is 5. The van der Waals surface area contributed by atoms with Crippen LogP contribution in [-0.2, 0) is 22.3 Å². The largest absolute Gasteiger partial charge is 0.445 e. The van der Waals surface area contributed by atoms with Crippen LogP contribution in [0.5, 0.6) is 0 Å². The Balaban J connectivity index is 2.15. The fourth-order valence-electron chi connectivity index (χ4n) is 2.52. The molecule has 2 rings (SSSR count). The smallest absolute Gasteiger partial charge is 0.417 e. The van der Waals surface area contributed by atoms with E-state index in [-0.39, 0.29) is 17.7 Å². The van der Waals surface area contributed by atoms with Gasteiger partial charge in [0.1, 0.15) is 12.5 Å². The van der Waals surface area contributed by atoms with Gasteiger partial charge in [0, 0.05) is 0 Å². The van der Waals surface area contributed by atoms with Gasteiger partial charge in [0.05, 0.1) is 21.7 Å². The van der Waals surface area contributed by atoms with Gasteiger partial charge in [-0.3, -0.25) is 0 Å². The minimum Gasteiger partial charge on any atom is -0.445 e. The predicted octanol–water partition coefficient (Wildman–Crippen LogP) is 5.28. The van der Waals surface area contributed by atoms with E-state index in [1.54, 1.807) is 30.2 Å². The molecule has 2 aromatic carbocycles. The summed E-state index contributed by atoms with van der Waals surface area (Å²) >= 11 is 5.71. The van der Waals surface area contributed by atoms with Crippen LogP contribution >= 0.6 is 11.6 Å². The summed E-state index contributed by atoms with van der Waals surface area (Å²) in [6.07, 6.45) is -5.41. The highest BCUT2D eigenvalue weighted by molar-refractivity contribution is 6.31. The fourth-order valence-corrected chi connectivity index (χ4v) is 2.81. The van der Waals surface area contributed by atoms with Crippen molar-refractivity contribution in [3.63, 3.8) is 0 Å². The van der Waals surface area contributed by atoms with Gasteiger partial charge in [0.15, 0.2) is 0 Å². The summed E-state index contributed by atoms with van der Waals surface area (Å²) in [7, 11) is 0. The molecule has 0 saturated carbocycles. The molecule has 0 fully saturated rings. The zero-order chi connectivity index (χ0) is 20.9. The maximum absolute atomic E-state index is 12.9. The van der Waals surface area contributed by atoms with Gasteiger partial charge in [-0.1, -0.05) is 48.0 Å². The molecule has 28 heavy (non-hydrogen) atoms. The zero-order valence-corrected chi connectivity index (χ0v) is 15.8. The lowest BCUT2D eigenvalue weighted by molar-refractivity contribution is -0.137. The van der Waals surface area contributed by atoms with Crippen LogP contribution in [0.15, 0.2) is 48.5 Å². The first-order valence-corrected chi connectivity index (χ1v) is 8.54. The van der Waals surface area contributed by atoms with Crippen LogP contribution < -0.4 is 5.32 Å². The molecule has 4 nitrogen and oxygen atoms in total. The van der Waals surface area contributed by atoms with Crippen LogP contribution in [0.25, 0.3) is 5.57 Å². The molecule has 8 heteroatoms. The molecule has 0 bridgehead atoms. The Morgan fingerprint density at radius 2 is 1.79 bits per heavy atom. The van der Waals surface area contributed by atoms with Crippen molar-refractivity contribution in [2.45, 2.75) is 32.2 Å². The monoisotopic (exact) mass is 411 g/mol. The van der Waals surface area contributed by atoms with E-state index in [0.717, 1.165) is 23.8 Å². The van der Waals surface area contributed by atoms with Gasteiger partial charge in [-0.15, -0.1) is 0 Å². The lowest BCUT2D eigenvalue weighted by atomic mass is 9.89. The lowest BCUT2D eigenvalue weighted by Gasteiger charge is -2.27. The van der Waals surface area contributed by atoms with Gasteiger partial charge in [0.2, 0.25) is 0 Å². The Bertz CT molecular complexity index is 905. The number of ether oxygens (including phenoxy) is 1. The number of hydrogen-bond acceptors (Lipinski definition) is 3. The van der Waals surface area contributed by atoms with E-state index in [0.29, 0.717) is 0 Å². The number of benzene rings is 2. The van der Waals surface area contributed by atoms with Crippen molar-refractivity contribution >= 4 is 29.2 Å². The van der Waals surface area contributed by atoms with Gasteiger partial charge < -0.3 is 10.1 Å². The molecule has 0 aliphatic rings. The molecule has 2 aromatic rings. The van der Waals surface area contributed by atoms with Crippen LogP contribution in [0.1, 0.15) is 30.5 Å². The molecule has 0 aliphatic carbocycles. The average Bonchev–Trinajstić information content (AvgIpc) is 2.60. The van der Waals surface area contributed by atoms with Gasteiger partial charge in [-0.05, 0) is 37.1 Å². The molecule has 0 aromatic heterocycles. The van der Waals surface area contributed by atoms with Gasteiger partial charge >= 0.3 is 12.3 Å². The SMILES string of the molecule is CC(C)(NC(=O)OCc1ccccc1)C(=C=O)c1ccc(C(F)(F)F)c(Cl)c1. The van der Waals surface area contributed by atoms with Crippen molar-refractivity contribution < 1.29 is 27.5 Å². The van der Waals surface area contributed by atoms with Crippen molar-refractivity contribution in [2.24, 2.45) is 0 Å². The third kappa shape index (κ3) is 5.38. The molecule has 0 radical (unpaired) electrons. The third-order valence-electron chi connectivity index (χ3n) is 3.92. The summed E-state index contributed by atoms with van der Waals surface area (Å²) in [5.74, 6) is 1.68. The van der Waals surface area contributed by atoms with E-state index in [4.69, 9.17) is 16.3 Å². The van der Waals surface area contributed by atoms with Crippen molar-refractivity contribution in [1.29, 1.82) is 0 Å². The first kappa shape index (κ1) is 21.5. The molecule has 0 unspecified atom stereocenters. The molecular formula is C20H17ClF3NO3. The number of alkyl carbamates (subject to hydrolysis) is 1. The van der Waals surface area contributed by atoms with E-state index in [9.17, 15) is 22.8 Å². The Kier molecular flexibility index (Phi) is 6.54. The lowest BCUT2D eigenvalue weighted by Crippen LogP contribution is -2.44. The number of nitrogens with one attached hydrogen (secondary N) is 1. The van der Waals surface area contributed by atoms with Crippen LogP contribution in [-0.4, -0.2) is 17.6 Å². The Morgan fingerprint density at radius 1 is 1.14 bits per heavy atom. The molecule has 0 spiro atoms. The number of carbonyl (C=O) groups is 1. The van der Waals surface area contributed by atoms with Crippen molar-refractivity contribution in [3.05, 3.63) is 70.2 Å². The van der Waals surface area contributed by atoms with Crippen LogP contribution in [0.4, 0.5) is 18.0 Å². The number of halogens is 4. The molecule has 0 saturated heterocycles. The first-order chi connectivity index (χ1) is 13.0. The fraction of sp³-hybridized carbons (Fsp3) is 0.250. The highest BCUT2D eigenvalue weighted by Crippen LogP contribution is 2.37. The van der Waals surface area contributed by atoms with Gasteiger partial charge in [-0.25, -0.2) is 9.59 Å². The highest BCUT2D eigenvalue weighted by atomic mass is 35.5. The second-order valence-electron chi connectivity index (χ2n) is 6.48. The van der Waals surface area contributed by atoms with Crippen LogP contribution in [0, 0.1) is 0 Å². The summed E-state index contributed by atoms with van der Waals surface area (Å²) in [4.78, 5) is 23.6. The normalized spacial score (nSPS) is 11.5. The van der Waals surface area contributed by atoms with Crippen molar-refractivity contribution in [2.75, 3.05) is 0 Å². The average molecular weight is 412 g/mol. The number of alkyl halides is 3. The topological polar surface area (TPSA) is 55.4 Å². The van der Waals surface area contributed by atoms with E-state index in [1.165, 1.54) is 13.8 Å². The van der Waals surface area contributed by atoms with Crippen LogP contribution in [0.2, 0.25) is 5.02 Å². The van der Waals surface area contributed by atoms with Crippen molar-refractivity contribution in [3.8, 4) is 0 Å². The maximum atomic E-state index is 12.9. The molecule has 0 aliphatic heterocycles. The van der Waals surface area contributed by atoms with Crippen LogP contribution in [0.3, 0.4) is 0 Å². The zero-order valence-electron chi connectivity index (χ0n) is 15.1. The second-order valence-corrected chi connectivity index (χ2v) is 6.89. The van der Waals surface area contributed by atoms with Gasteiger partial charge in [-0.2, -0.15) is 13.2 Å². The third-order valence-corrected chi connectivity index (χ3v) is 4.23. The Hall–Kier alpha value is -2.76. The molecule has 148 valence electrons. The Labute approximate surface area is 165 Å². The summed E-state index contributed by atoms with van der Waals surface area (Å²) in [6, 6.07) is 11.9. The summed E-state index contributed by atoms with van der Waals surface area (Å²) in [5, 5.41) is 1.96. The summed E-state index contributed by atoms with van der Waals surface area (Å²) in [6.45, 7) is 3.03. The molecule has 0 heterocycles. The van der Waals surface area contributed by atoms with E-state index >= 15 is 0 Å². The number of amides is 1. The molecule has 0 atom stereocenters.